The summed E-state index contributed by atoms with van der Waals surface area (Å²) in [5.41, 5.74) is 2.09. The number of rotatable bonds is 6. The van der Waals surface area contributed by atoms with Crippen molar-refractivity contribution in [2.75, 3.05) is 19.7 Å². The number of hydrogen-bond acceptors (Lipinski definition) is 3. The van der Waals surface area contributed by atoms with Gasteiger partial charge in [0.15, 0.2) is 0 Å². The number of aromatic nitrogens is 1. The molecule has 1 atom stereocenters. The van der Waals surface area contributed by atoms with Crippen LogP contribution in [-0.2, 0) is 4.74 Å². The number of aryl methyl sites for hydroxylation is 1. The van der Waals surface area contributed by atoms with Crippen LogP contribution in [0.15, 0.2) is 18.3 Å². The van der Waals surface area contributed by atoms with Crippen LogP contribution in [0.4, 0.5) is 4.79 Å². The van der Waals surface area contributed by atoms with Crippen LogP contribution in [0, 0.1) is 18.8 Å². The first-order valence-electron chi connectivity index (χ1n) is 9.63. The number of nitrogens with zero attached hydrogens (tertiary/aromatic N) is 2. The van der Waals surface area contributed by atoms with Gasteiger partial charge in [-0.2, -0.15) is 0 Å². The number of nitrogens with one attached hydrogen (secondary N) is 1. The van der Waals surface area contributed by atoms with E-state index in [0.29, 0.717) is 6.10 Å². The zero-order valence-electron chi connectivity index (χ0n) is 15.7. The average Bonchev–Trinajstić information content (AvgIpc) is 3.43. The minimum Gasteiger partial charge on any atom is -0.378 e. The van der Waals surface area contributed by atoms with E-state index in [1.54, 1.807) is 6.20 Å². The Bertz CT molecular complexity index is 578. The van der Waals surface area contributed by atoms with Crippen molar-refractivity contribution in [3.63, 3.8) is 0 Å². The van der Waals surface area contributed by atoms with E-state index in [4.69, 9.17) is 4.74 Å². The first-order valence-corrected chi connectivity index (χ1v) is 9.63. The summed E-state index contributed by atoms with van der Waals surface area (Å²) in [5.74, 6) is 1.09. The van der Waals surface area contributed by atoms with Crippen molar-refractivity contribution in [1.29, 1.82) is 0 Å². The van der Waals surface area contributed by atoms with Gasteiger partial charge in [0.2, 0.25) is 0 Å². The van der Waals surface area contributed by atoms with Gasteiger partial charge >= 0.3 is 6.03 Å². The van der Waals surface area contributed by atoms with E-state index in [-0.39, 0.29) is 18.0 Å². The average molecular weight is 345 g/mol. The Balaban J connectivity index is 1.52. The lowest BCUT2D eigenvalue weighted by atomic mass is 9.97. The van der Waals surface area contributed by atoms with Gasteiger partial charge in [0.05, 0.1) is 17.8 Å². The number of likely N-dealkylation sites (tertiary alicyclic amines) is 1. The quantitative estimate of drug-likeness (QED) is 0.855. The van der Waals surface area contributed by atoms with Gasteiger partial charge in [0.1, 0.15) is 0 Å². The lowest BCUT2D eigenvalue weighted by molar-refractivity contribution is 0.00916. The van der Waals surface area contributed by atoms with E-state index in [1.807, 2.05) is 24.0 Å². The highest BCUT2D eigenvalue weighted by molar-refractivity contribution is 5.74. The number of pyridine rings is 1. The highest BCUT2D eigenvalue weighted by Crippen LogP contribution is 2.30. The molecule has 0 spiro atoms. The maximum absolute atomic E-state index is 12.7. The molecule has 1 aliphatic carbocycles. The molecule has 5 nitrogen and oxygen atoms in total. The van der Waals surface area contributed by atoms with E-state index in [9.17, 15) is 4.79 Å². The van der Waals surface area contributed by atoms with Crippen molar-refractivity contribution in [2.45, 2.75) is 58.6 Å². The lowest BCUT2D eigenvalue weighted by Crippen LogP contribution is -2.47. The molecule has 0 aromatic carbocycles. The molecule has 2 aliphatic rings. The van der Waals surface area contributed by atoms with Crippen molar-refractivity contribution in [1.82, 2.24) is 15.2 Å². The molecular weight excluding hydrogens is 314 g/mol. The molecule has 1 saturated heterocycles. The van der Waals surface area contributed by atoms with Crippen LogP contribution in [-0.4, -0.2) is 41.7 Å². The normalized spacial score (nSPS) is 19.9. The second-order valence-electron chi connectivity index (χ2n) is 7.84. The van der Waals surface area contributed by atoms with Gasteiger partial charge in [0, 0.05) is 25.9 Å². The molecule has 3 rings (SSSR count). The summed E-state index contributed by atoms with van der Waals surface area (Å²) in [6.45, 7) is 8.74. The van der Waals surface area contributed by atoms with E-state index >= 15 is 0 Å². The van der Waals surface area contributed by atoms with Gasteiger partial charge in [-0.15, -0.1) is 0 Å². The van der Waals surface area contributed by atoms with Gasteiger partial charge in [-0.1, -0.05) is 19.9 Å². The Labute approximate surface area is 151 Å². The van der Waals surface area contributed by atoms with E-state index < -0.39 is 0 Å². The monoisotopic (exact) mass is 345 g/mol. The molecule has 0 bridgehead atoms. The Kier molecular flexibility index (Phi) is 5.94. The van der Waals surface area contributed by atoms with Crippen LogP contribution in [0.2, 0.25) is 0 Å². The van der Waals surface area contributed by atoms with Gasteiger partial charge in [0.25, 0.3) is 0 Å². The van der Waals surface area contributed by atoms with Crippen molar-refractivity contribution < 1.29 is 9.53 Å². The molecule has 5 heteroatoms. The van der Waals surface area contributed by atoms with E-state index in [1.165, 1.54) is 12.8 Å². The number of carbonyl (C=O) groups excluding carboxylic acids is 1. The summed E-state index contributed by atoms with van der Waals surface area (Å²) in [7, 11) is 0. The molecule has 1 saturated carbocycles. The van der Waals surface area contributed by atoms with Crippen molar-refractivity contribution in [3.05, 3.63) is 29.6 Å². The predicted octanol–water partition coefficient (Wildman–Crippen LogP) is 3.69. The summed E-state index contributed by atoms with van der Waals surface area (Å²) in [6.07, 6.45) is 6.65. The summed E-state index contributed by atoms with van der Waals surface area (Å²) in [4.78, 5) is 19.2. The van der Waals surface area contributed by atoms with Crippen molar-refractivity contribution in [2.24, 2.45) is 11.8 Å². The molecule has 2 heterocycles. The fourth-order valence-electron chi connectivity index (χ4n) is 3.38. The molecule has 0 radical (unpaired) electrons. The maximum atomic E-state index is 12.7. The number of carbonyl (C=O) groups is 1. The zero-order chi connectivity index (χ0) is 17.8. The van der Waals surface area contributed by atoms with Crippen LogP contribution in [0.1, 0.15) is 56.8 Å². The number of ether oxygens (including phenoxy) is 1. The minimum absolute atomic E-state index is 0.0180. The number of piperidine rings is 1. The molecular formula is C20H31N3O2. The van der Waals surface area contributed by atoms with Crippen LogP contribution in [0.5, 0.6) is 0 Å². The Morgan fingerprint density at radius 3 is 2.64 bits per heavy atom. The van der Waals surface area contributed by atoms with Crippen LogP contribution in [0.3, 0.4) is 0 Å². The van der Waals surface area contributed by atoms with Gasteiger partial charge in [-0.3, -0.25) is 4.98 Å². The highest BCUT2D eigenvalue weighted by Gasteiger charge is 2.29. The number of amides is 2. The third kappa shape index (κ3) is 4.94. The Hall–Kier alpha value is -1.62. The Morgan fingerprint density at radius 1 is 1.32 bits per heavy atom. The highest BCUT2D eigenvalue weighted by atomic mass is 16.5. The molecule has 1 N–H and O–H groups in total. The van der Waals surface area contributed by atoms with Crippen LogP contribution >= 0.6 is 0 Å². The summed E-state index contributed by atoms with van der Waals surface area (Å²) >= 11 is 0. The molecule has 1 aromatic rings. The first kappa shape index (κ1) is 18.2. The Morgan fingerprint density at radius 2 is 2.04 bits per heavy atom. The summed E-state index contributed by atoms with van der Waals surface area (Å²) in [6, 6.07) is 3.94. The largest absolute Gasteiger partial charge is 0.378 e. The fraction of sp³-hybridized carbons (Fsp3) is 0.700. The maximum Gasteiger partial charge on any atom is 0.317 e. The van der Waals surface area contributed by atoms with E-state index in [0.717, 1.165) is 49.7 Å². The van der Waals surface area contributed by atoms with Gasteiger partial charge < -0.3 is 15.0 Å². The van der Waals surface area contributed by atoms with Gasteiger partial charge in [-0.25, -0.2) is 4.79 Å². The second-order valence-corrected chi connectivity index (χ2v) is 7.84. The molecule has 1 aromatic heterocycles. The molecule has 2 amide bonds. The third-order valence-corrected chi connectivity index (χ3v) is 5.28. The van der Waals surface area contributed by atoms with Crippen molar-refractivity contribution >= 4 is 6.03 Å². The molecule has 2 fully saturated rings. The SMILES string of the molecule is Cc1cccnc1[C@H](NC(=O)N1CCC(OCC2CC2)CC1)C(C)C. The summed E-state index contributed by atoms with van der Waals surface area (Å²) < 4.78 is 5.97. The topological polar surface area (TPSA) is 54.5 Å². The second kappa shape index (κ2) is 8.17. The standard InChI is InChI=1S/C20H31N3O2/c1-14(2)18(19-15(3)5-4-10-21-19)22-20(24)23-11-8-17(9-12-23)25-13-16-6-7-16/h4-5,10,14,16-18H,6-9,11-13H2,1-3H3,(H,22,24)/t18-/m1/s1. The predicted molar refractivity (Wildman–Crippen MR) is 98.4 cm³/mol. The van der Waals surface area contributed by atoms with Gasteiger partial charge in [-0.05, 0) is 56.1 Å². The zero-order valence-corrected chi connectivity index (χ0v) is 15.7. The summed E-state index contributed by atoms with van der Waals surface area (Å²) in [5, 5.41) is 3.20. The molecule has 1 aliphatic heterocycles. The lowest BCUT2D eigenvalue weighted by Gasteiger charge is -2.34. The minimum atomic E-state index is -0.0578. The van der Waals surface area contributed by atoms with Crippen LogP contribution < -0.4 is 5.32 Å². The molecule has 25 heavy (non-hydrogen) atoms. The number of hydrogen-bond donors (Lipinski definition) is 1. The smallest absolute Gasteiger partial charge is 0.317 e. The van der Waals surface area contributed by atoms with Crippen LogP contribution in [0.25, 0.3) is 0 Å². The molecule has 138 valence electrons. The first-order chi connectivity index (χ1) is 12.0. The molecule has 0 unspecified atom stereocenters. The third-order valence-electron chi connectivity index (χ3n) is 5.28. The number of urea groups is 1. The van der Waals surface area contributed by atoms with E-state index in [2.05, 4.69) is 24.1 Å². The van der Waals surface area contributed by atoms with Crippen molar-refractivity contribution in [3.8, 4) is 0 Å². The fourth-order valence-corrected chi connectivity index (χ4v) is 3.38.